The molecule has 1 atom stereocenters. The Kier molecular flexibility index (Phi) is 3.36. The summed E-state index contributed by atoms with van der Waals surface area (Å²) in [5.41, 5.74) is 2.41. The predicted molar refractivity (Wildman–Crippen MR) is 67.0 cm³/mol. The van der Waals surface area contributed by atoms with E-state index in [4.69, 9.17) is 0 Å². The van der Waals surface area contributed by atoms with E-state index in [9.17, 15) is 0 Å². The molecule has 1 unspecified atom stereocenters. The molecule has 16 heavy (non-hydrogen) atoms. The van der Waals surface area contributed by atoms with Crippen LogP contribution in [0.15, 0.2) is 0 Å². The molecule has 1 aromatic rings. The van der Waals surface area contributed by atoms with Gasteiger partial charge >= 0.3 is 0 Å². The van der Waals surface area contributed by atoms with E-state index >= 15 is 0 Å². The fourth-order valence-electron chi connectivity index (χ4n) is 2.60. The second-order valence-electron chi connectivity index (χ2n) is 5.42. The van der Waals surface area contributed by atoms with E-state index in [1.807, 2.05) is 0 Å². The number of nitrogens with zero attached hydrogens (tertiary/aromatic N) is 2. The Labute approximate surface area is 98.6 Å². The van der Waals surface area contributed by atoms with Crippen molar-refractivity contribution in [2.24, 2.45) is 0 Å². The maximum atomic E-state index is 4.40. The van der Waals surface area contributed by atoms with Crippen molar-refractivity contribution in [3.8, 4) is 0 Å². The van der Waals surface area contributed by atoms with Crippen molar-refractivity contribution in [3.63, 3.8) is 0 Å². The molecule has 0 saturated carbocycles. The van der Waals surface area contributed by atoms with Gasteiger partial charge in [-0.1, -0.05) is 38.8 Å². The number of hydrogen-bond acceptors (Lipinski definition) is 2. The monoisotopic (exact) mass is 218 g/mol. The van der Waals surface area contributed by atoms with Crippen LogP contribution >= 0.6 is 0 Å². The van der Waals surface area contributed by atoms with Crippen molar-refractivity contribution in [2.45, 2.75) is 64.0 Å². The molecular formula is C12H21BN3. The summed E-state index contributed by atoms with van der Waals surface area (Å²) in [6, 6.07) is 0. The number of fused-ring (bicyclic) bond motifs is 1. The molecule has 0 aromatic carbocycles. The van der Waals surface area contributed by atoms with Crippen molar-refractivity contribution < 1.29 is 0 Å². The van der Waals surface area contributed by atoms with Crippen LogP contribution in [0.2, 0.25) is 12.1 Å². The smallest absolute Gasteiger partial charge is 0.114 e. The third kappa shape index (κ3) is 2.16. The Morgan fingerprint density at radius 2 is 2.06 bits per heavy atom. The third-order valence-electron chi connectivity index (χ3n) is 4.03. The van der Waals surface area contributed by atoms with Crippen LogP contribution in [0.5, 0.6) is 0 Å². The molecule has 0 aliphatic heterocycles. The first kappa shape index (κ1) is 11.7. The zero-order chi connectivity index (χ0) is 11.6. The van der Waals surface area contributed by atoms with Gasteiger partial charge in [0.15, 0.2) is 0 Å². The lowest BCUT2D eigenvalue weighted by Gasteiger charge is -2.33. The fourth-order valence-corrected chi connectivity index (χ4v) is 2.60. The maximum Gasteiger partial charge on any atom is 0.114 e. The summed E-state index contributed by atoms with van der Waals surface area (Å²) >= 11 is 0. The number of hydrogen-bond donors (Lipinski definition) is 1. The second kappa shape index (κ2) is 4.60. The molecule has 0 fully saturated rings. The third-order valence-corrected chi connectivity index (χ3v) is 4.03. The van der Waals surface area contributed by atoms with E-state index in [1.165, 1.54) is 37.1 Å². The van der Waals surface area contributed by atoms with E-state index in [0.717, 1.165) is 6.42 Å². The Hall–Kier alpha value is -0.795. The Bertz CT molecular complexity index is 346. The largest absolute Gasteiger partial charge is 0.197 e. The number of nitrogens with one attached hydrogen (secondary N) is 1. The summed E-state index contributed by atoms with van der Waals surface area (Å²) in [5.74, 6) is 0.520. The molecule has 3 nitrogen and oxygen atoms in total. The van der Waals surface area contributed by atoms with E-state index in [-0.39, 0.29) is 5.31 Å². The first-order valence-corrected chi connectivity index (χ1v) is 6.35. The van der Waals surface area contributed by atoms with Gasteiger partial charge in [-0.05, 0) is 19.3 Å². The zero-order valence-corrected chi connectivity index (χ0v) is 10.6. The molecule has 1 aromatic heterocycles. The van der Waals surface area contributed by atoms with E-state index in [1.54, 1.807) is 0 Å². The minimum Gasteiger partial charge on any atom is -0.197 e. The Balaban J connectivity index is 2.32. The molecule has 1 aliphatic rings. The van der Waals surface area contributed by atoms with Crippen LogP contribution in [0.4, 0.5) is 0 Å². The number of H-pyrrole nitrogens is 1. The quantitative estimate of drug-likeness (QED) is 0.775. The Morgan fingerprint density at radius 3 is 2.81 bits per heavy atom. The van der Waals surface area contributed by atoms with Crippen molar-refractivity contribution in [1.29, 1.82) is 0 Å². The molecule has 4 heteroatoms. The van der Waals surface area contributed by atoms with E-state index in [0.29, 0.717) is 5.92 Å². The van der Waals surface area contributed by atoms with Gasteiger partial charge in [-0.15, -0.1) is 0 Å². The van der Waals surface area contributed by atoms with Crippen molar-refractivity contribution >= 4 is 7.28 Å². The molecule has 1 aliphatic carbocycles. The average Bonchev–Trinajstić information content (AvgIpc) is 2.65. The fraction of sp³-hybridized carbons (Fsp3) is 0.833. The predicted octanol–water partition coefficient (Wildman–Crippen LogP) is 2.96. The lowest BCUT2D eigenvalue weighted by atomic mass is 9.49. The second-order valence-corrected chi connectivity index (χ2v) is 5.42. The normalized spacial score (nSPS) is 22.1. The van der Waals surface area contributed by atoms with Gasteiger partial charge in [0.2, 0.25) is 0 Å². The number of aryl methyl sites for hydroxylation is 1. The molecule has 0 spiro atoms. The molecule has 0 amide bonds. The first-order valence-electron chi connectivity index (χ1n) is 6.35. The van der Waals surface area contributed by atoms with Crippen molar-refractivity contribution in [1.82, 2.24) is 15.4 Å². The number of aromatic amines is 1. The lowest BCUT2D eigenvalue weighted by Crippen LogP contribution is -2.23. The van der Waals surface area contributed by atoms with Crippen LogP contribution in [0.25, 0.3) is 0 Å². The summed E-state index contributed by atoms with van der Waals surface area (Å²) < 4.78 is 0. The van der Waals surface area contributed by atoms with Gasteiger partial charge in [0.25, 0.3) is 0 Å². The summed E-state index contributed by atoms with van der Waals surface area (Å²) in [4.78, 5) is 0. The summed E-state index contributed by atoms with van der Waals surface area (Å²) in [6.07, 6.45) is 6.21. The van der Waals surface area contributed by atoms with Gasteiger partial charge < -0.3 is 0 Å². The van der Waals surface area contributed by atoms with Crippen molar-refractivity contribution in [2.75, 3.05) is 0 Å². The van der Waals surface area contributed by atoms with E-state index < -0.39 is 0 Å². The number of aromatic nitrogens is 3. The highest BCUT2D eigenvalue weighted by Crippen LogP contribution is 2.45. The first-order chi connectivity index (χ1) is 7.65. The summed E-state index contributed by atoms with van der Waals surface area (Å²) in [5, 5.41) is 11.7. The van der Waals surface area contributed by atoms with Gasteiger partial charge in [0.05, 0.1) is 11.4 Å². The van der Waals surface area contributed by atoms with E-state index in [2.05, 4.69) is 43.4 Å². The highest BCUT2D eigenvalue weighted by Gasteiger charge is 2.33. The molecule has 87 valence electrons. The molecule has 2 rings (SSSR count). The Morgan fingerprint density at radius 1 is 1.25 bits per heavy atom. The highest BCUT2D eigenvalue weighted by molar-refractivity contribution is 6.38. The van der Waals surface area contributed by atoms with Gasteiger partial charge in [-0.3, -0.25) is 0 Å². The van der Waals surface area contributed by atoms with Crippen LogP contribution in [-0.2, 0) is 6.42 Å². The molecule has 1 N–H and O–H groups in total. The lowest BCUT2D eigenvalue weighted by molar-refractivity contribution is 0.436. The maximum absolute atomic E-state index is 4.40. The van der Waals surface area contributed by atoms with Crippen LogP contribution in [0.1, 0.15) is 56.8 Å². The van der Waals surface area contributed by atoms with Gasteiger partial charge in [-0.2, -0.15) is 15.4 Å². The zero-order valence-electron chi connectivity index (χ0n) is 10.6. The van der Waals surface area contributed by atoms with Gasteiger partial charge in [0, 0.05) is 5.92 Å². The topological polar surface area (TPSA) is 41.6 Å². The van der Waals surface area contributed by atoms with Crippen LogP contribution in [-0.4, -0.2) is 22.7 Å². The van der Waals surface area contributed by atoms with Crippen molar-refractivity contribution in [3.05, 3.63) is 11.4 Å². The standard InChI is InChI=1S/C12H21BN3/c1-12(2,13-3)9-7-5-4-6-8-10-11(9)15-16-14-10/h9H,4-8H2,1-3H3,(H,14,15,16). The number of rotatable bonds is 2. The van der Waals surface area contributed by atoms with Crippen LogP contribution in [0.3, 0.4) is 0 Å². The van der Waals surface area contributed by atoms with Gasteiger partial charge in [0.1, 0.15) is 7.28 Å². The molecule has 1 radical (unpaired) electrons. The summed E-state index contributed by atoms with van der Waals surface area (Å²) in [7, 11) is 2.30. The molecular weight excluding hydrogens is 197 g/mol. The molecule has 0 bridgehead atoms. The highest BCUT2D eigenvalue weighted by atomic mass is 15.3. The summed E-state index contributed by atoms with van der Waals surface area (Å²) in [6.45, 7) is 6.76. The van der Waals surface area contributed by atoms with Crippen LogP contribution in [0, 0.1) is 0 Å². The minimum absolute atomic E-state index is 0.211. The molecule has 0 saturated heterocycles. The average molecular weight is 218 g/mol. The SMILES string of the molecule is C[B]C(C)(C)C1CCCCCc2n[nH]nc21. The minimum atomic E-state index is 0.211. The molecule has 1 heterocycles. The van der Waals surface area contributed by atoms with Gasteiger partial charge in [-0.25, -0.2) is 0 Å². The van der Waals surface area contributed by atoms with Crippen LogP contribution < -0.4 is 0 Å².